The van der Waals surface area contributed by atoms with Crippen LogP contribution < -0.4 is 0 Å². The highest BCUT2D eigenvalue weighted by Gasteiger charge is 2.19. The van der Waals surface area contributed by atoms with E-state index in [1.165, 1.54) is 20.9 Å². The van der Waals surface area contributed by atoms with E-state index in [1.54, 1.807) is 6.26 Å². The Kier molecular flexibility index (Phi) is 3.55. The zero-order valence-electron chi connectivity index (χ0n) is 9.71. The zero-order chi connectivity index (χ0) is 11.7. The summed E-state index contributed by atoms with van der Waals surface area (Å²) in [6.07, 6.45) is 2.71. The summed E-state index contributed by atoms with van der Waals surface area (Å²) in [5.74, 6) is 1.08. The number of hydrogen-bond acceptors (Lipinski definition) is 2. The van der Waals surface area contributed by atoms with Crippen LogP contribution in [0.15, 0.2) is 22.8 Å². The van der Waals surface area contributed by atoms with Crippen molar-refractivity contribution < 1.29 is 4.42 Å². The molecule has 2 rings (SSSR count). The van der Waals surface area contributed by atoms with Crippen molar-refractivity contribution in [3.8, 4) is 0 Å². The van der Waals surface area contributed by atoms with E-state index in [2.05, 4.69) is 48.8 Å². The third kappa shape index (κ3) is 2.11. The molecule has 0 spiro atoms. The van der Waals surface area contributed by atoms with Gasteiger partial charge in [-0.25, -0.2) is 0 Å². The van der Waals surface area contributed by atoms with Gasteiger partial charge in [0.25, 0.3) is 0 Å². The summed E-state index contributed by atoms with van der Waals surface area (Å²) in [5.41, 5.74) is 2.61. The smallest absolute Gasteiger partial charge is 0.108 e. The second-order valence-electron chi connectivity index (χ2n) is 3.92. The molecule has 0 radical (unpaired) electrons. The molecule has 86 valence electrons. The standard InChI is InChI=1S/C13H15BrOS/c1-4-11-10(5-6-15-11)12(14)13-8(2)7-9(3)16-13/h5-7,12H,4H2,1-3H3. The minimum absolute atomic E-state index is 0.264. The second kappa shape index (κ2) is 4.76. The van der Waals surface area contributed by atoms with Crippen molar-refractivity contribution in [3.63, 3.8) is 0 Å². The number of thiophene rings is 1. The van der Waals surface area contributed by atoms with Crippen LogP contribution in [-0.4, -0.2) is 0 Å². The van der Waals surface area contributed by atoms with Crippen LogP contribution in [0.25, 0.3) is 0 Å². The van der Waals surface area contributed by atoms with Crippen LogP contribution in [0.2, 0.25) is 0 Å². The van der Waals surface area contributed by atoms with Crippen molar-refractivity contribution in [3.05, 3.63) is 45.0 Å². The molecule has 2 heterocycles. The van der Waals surface area contributed by atoms with Crippen LogP contribution >= 0.6 is 27.3 Å². The molecule has 0 aromatic carbocycles. The summed E-state index contributed by atoms with van der Waals surface area (Å²) in [4.78, 5) is 3.01. The summed E-state index contributed by atoms with van der Waals surface area (Å²) in [6, 6.07) is 4.30. The molecule has 0 amide bonds. The van der Waals surface area contributed by atoms with Gasteiger partial charge in [0.05, 0.1) is 11.1 Å². The van der Waals surface area contributed by atoms with Crippen molar-refractivity contribution in [2.45, 2.75) is 32.0 Å². The molecule has 1 nitrogen and oxygen atoms in total. The Bertz CT molecular complexity index is 484. The molecule has 0 bridgehead atoms. The number of hydrogen-bond donors (Lipinski definition) is 0. The van der Waals surface area contributed by atoms with E-state index < -0.39 is 0 Å². The molecule has 0 aliphatic rings. The number of furan rings is 1. The first-order valence-electron chi connectivity index (χ1n) is 5.40. The number of halogens is 1. The van der Waals surface area contributed by atoms with E-state index in [9.17, 15) is 0 Å². The minimum Gasteiger partial charge on any atom is -0.469 e. The van der Waals surface area contributed by atoms with Crippen molar-refractivity contribution in [1.29, 1.82) is 0 Å². The third-order valence-electron chi connectivity index (χ3n) is 2.68. The maximum absolute atomic E-state index is 5.48. The van der Waals surface area contributed by atoms with Crippen LogP contribution in [0.4, 0.5) is 0 Å². The molecule has 0 saturated heterocycles. The Morgan fingerprint density at radius 1 is 1.44 bits per heavy atom. The molecular formula is C13H15BrOS. The Morgan fingerprint density at radius 3 is 2.75 bits per heavy atom. The highest BCUT2D eigenvalue weighted by molar-refractivity contribution is 9.09. The molecule has 1 atom stereocenters. The zero-order valence-corrected chi connectivity index (χ0v) is 12.1. The largest absolute Gasteiger partial charge is 0.469 e. The topological polar surface area (TPSA) is 13.1 Å². The van der Waals surface area contributed by atoms with Gasteiger partial charge in [-0.2, -0.15) is 0 Å². The van der Waals surface area contributed by atoms with Crippen molar-refractivity contribution in [2.24, 2.45) is 0 Å². The quantitative estimate of drug-likeness (QED) is 0.727. The van der Waals surface area contributed by atoms with E-state index >= 15 is 0 Å². The number of alkyl halides is 1. The van der Waals surface area contributed by atoms with Crippen LogP contribution in [0, 0.1) is 13.8 Å². The van der Waals surface area contributed by atoms with E-state index in [0.29, 0.717) is 0 Å². The van der Waals surface area contributed by atoms with Gasteiger partial charge in [0.2, 0.25) is 0 Å². The van der Waals surface area contributed by atoms with Gasteiger partial charge in [0.1, 0.15) is 5.76 Å². The summed E-state index contributed by atoms with van der Waals surface area (Å²) in [7, 11) is 0. The molecule has 0 aliphatic carbocycles. The highest BCUT2D eigenvalue weighted by Crippen LogP contribution is 2.39. The second-order valence-corrected chi connectivity index (χ2v) is 6.12. The van der Waals surface area contributed by atoms with Gasteiger partial charge in [-0.3, -0.25) is 0 Å². The molecule has 0 saturated carbocycles. The highest BCUT2D eigenvalue weighted by atomic mass is 79.9. The fraction of sp³-hybridized carbons (Fsp3) is 0.385. The molecule has 3 heteroatoms. The average Bonchev–Trinajstić information content (AvgIpc) is 2.83. The summed E-state index contributed by atoms with van der Waals surface area (Å²) < 4.78 is 5.48. The molecular weight excluding hydrogens is 284 g/mol. The normalized spacial score (nSPS) is 13.0. The van der Waals surface area contributed by atoms with E-state index in [-0.39, 0.29) is 4.83 Å². The lowest BCUT2D eigenvalue weighted by atomic mass is 10.1. The summed E-state index contributed by atoms with van der Waals surface area (Å²) >= 11 is 5.63. The maximum Gasteiger partial charge on any atom is 0.108 e. The molecule has 0 fully saturated rings. The van der Waals surface area contributed by atoms with Gasteiger partial charge < -0.3 is 4.42 Å². The molecule has 2 aromatic heterocycles. The van der Waals surface area contributed by atoms with Crippen molar-refractivity contribution >= 4 is 27.3 Å². The molecule has 16 heavy (non-hydrogen) atoms. The van der Waals surface area contributed by atoms with Gasteiger partial charge in [-0.05, 0) is 31.5 Å². The SMILES string of the molecule is CCc1occc1C(Br)c1sc(C)cc1C. The predicted octanol–water partition coefficient (Wildman–Crippen LogP) is 5.00. The van der Waals surface area contributed by atoms with Crippen LogP contribution in [0.5, 0.6) is 0 Å². The van der Waals surface area contributed by atoms with E-state index in [1.807, 2.05) is 11.3 Å². The molecule has 0 aliphatic heterocycles. The minimum atomic E-state index is 0.264. The van der Waals surface area contributed by atoms with Gasteiger partial charge in [0, 0.05) is 21.7 Å². The molecule has 1 unspecified atom stereocenters. The Balaban J connectivity index is 2.38. The first kappa shape index (κ1) is 11.9. The van der Waals surface area contributed by atoms with Gasteiger partial charge in [-0.1, -0.05) is 22.9 Å². The van der Waals surface area contributed by atoms with Crippen LogP contribution in [0.3, 0.4) is 0 Å². The first-order valence-corrected chi connectivity index (χ1v) is 7.14. The number of rotatable bonds is 3. The first-order chi connectivity index (χ1) is 7.63. The van der Waals surface area contributed by atoms with Gasteiger partial charge in [-0.15, -0.1) is 11.3 Å². The Labute approximate surface area is 109 Å². The summed E-state index contributed by atoms with van der Waals surface area (Å²) in [6.45, 7) is 6.43. The predicted molar refractivity (Wildman–Crippen MR) is 72.6 cm³/mol. The van der Waals surface area contributed by atoms with Crippen molar-refractivity contribution in [1.82, 2.24) is 0 Å². The Morgan fingerprint density at radius 2 is 2.19 bits per heavy atom. The Hall–Kier alpha value is -0.540. The monoisotopic (exact) mass is 298 g/mol. The molecule has 2 aromatic rings. The fourth-order valence-corrected chi connectivity index (χ4v) is 4.00. The van der Waals surface area contributed by atoms with Gasteiger partial charge >= 0.3 is 0 Å². The lowest BCUT2D eigenvalue weighted by Crippen LogP contribution is -1.93. The maximum atomic E-state index is 5.48. The summed E-state index contributed by atoms with van der Waals surface area (Å²) in [5, 5.41) is 0. The third-order valence-corrected chi connectivity index (χ3v) is 5.16. The fourth-order valence-electron chi connectivity index (χ4n) is 1.92. The average molecular weight is 299 g/mol. The van der Waals surface area contributed by atoms with Crippen molar-refractivity contribution in [2.75, 3.05) is 0 Å². The number of aryl methyl sites for hydroxylation is 3. The van der Waals surface area contributed by atoms with Gasteiger partial charge in [0.15, 0.2) is 0 Å². The van der Waals surface area contributed by atoms with E-state index in [0.717, 1.165) is 12.2 Å². The lowest BCUT2D eigenvalue weighted by Gasteiger charge is -2.08. The van der Waals surface area contributed by atoms with E-state index in [4.69, 9.17) is 4.42 Å². The molecule has 0 N–H and O–H groups in total. The van der Waals surface area contributed by atoms with Crippen LogP contribution in [-0.2, 0) is 6.42 Å². The lowest BCUT2D eigenvalue weighted by molar-refractivity contribution is 0.512. The van der Waals surface area contributed by atoms with Crippen LogP contribution in [0.1, 0.15) is 38.4 Å².